The number of carboxylic acid groups (broad SMARTS) is 1. The molecule has 0 radical (unpaired) electrons. The third-order valence-corrected chi connectivity index (χ3v) is 1.85. The van der Waals surface area contributed by atoms with Gasteiger partial charge in [-0.15, -0.1) is 0 Å². The van der Waals surface area contributed by atoms with Gasteiger partial charge in [0, 0.05) is 13.1 Å². The van der Waals surface area contributed by atoms with E-state index in [1.54, 1.807) is 11.9 Å². The highest BCUT2D eigenvalue weighted by molar-refractivity contribution is 5.66. The predicted octanol–water partition coefficient (Wildman–Crippen LogP) is 0.179. The molecule has 0 aliphatic rings. The van der Waals surface area contributed by atoms with Crippen molar-refractivity contribution < 1.29 is 19.7 Å². The van der Waals surface area contributed by atoms with Gasteiger partial charge in [-0.25, -0.2) is 0 Å². The minimum Gasteiger partial charge on any atom is -0.481 e. The van der Waals surface area contributed by atoms with Gasteiger partial charge in [0.25, 0.3) is 0 Å². The first kappa shape index (κ1) is 14.3. The summed E-state index contributed by atoms with van der Waals surface area (Å²) in [5.74, 6) is -0.824. The van der Waals surface area contributed by atoms with Crippen molar-refractivity contribution in [3.63, 3.8) is 0 Å². The summed E-state index contributed by atoms with van der Waals surface area (Å²) in [6.07, 6.45) is -0.371. The van der Waals surface area contributed by atoms with Crippen LogP contribution in [-0.4, -0.2) is 60.0 Å². The Morgan fingerprint density at radius 1 is 1.47 bits per heavy atom. The fourth-order valence-corrected chi connectivity index (χ4v) is 1.09. The molecular formula is C10H21NO4. The third kappa shape index (κ3) is 9.65. The van der Waals surface area contributed by atoms with Gasteiger partial charge in [-0.3, -0.25) is 4.79 Å². The van der Waals surface area contributed by atoms with Crippen LogP contribution in [0.3, 0.4) is 0 Å². The van der Waals surface area contributed by atoms with E-state index in [2.05, 4.69) is 0 Å². The monoisotopic (exact) mass is 219 g/mol. The molecule has 0 aliphatic heterocycles. The molecular weight excluding hydrogens is 198 g/mol. The first-order valence-electron chi connectivity index (χ1n) is 5.11. The molecule has 0 aromatic rings. The Balaban J connectivity index is 3.57. The summed E-state index contributed by atoms with van der Waals surface area (Å²) in [5.41, 5.74) is 0. The van der Waals surface area contributed by atoms with Crippen LogP contribution in [0.5, 0.6) is 0 Å². The van der Waals surface area contributed by atoms with Crippen LogP contribution in [0.15, 0.2) is 0 Å². The molecule has 0 bridgehead atoms. The zero-order valence-corrected chi connectivity index (χ0v) is 9.64. The summed E-state index contributed by atoms with van der Waals surface area (Å²) in [6.45, 7) is 4.96. The quantitative estimate of drug-likeness (QED) is 0.609. The van der Waals surface area contributed by atoms with E-state index >= 15 is 0 Å². The Morgan fingerprint density at radius 3 is 2.53 bits per heavy atom. The second-order valence-corrected chi connectivity index (χ2v) is 3.94. The average molecular weight is 219 g/mol. The zero-order chi connectivity index (χ0) is 11.8. The smallest absolute Gasteiger partial charge is 0.304 e. The maximum atomic E-state index is 10.3. The number of nitrogens with zero attached hydrogens (tertiary/aromatic N) is 1. The van der Waals surface area contributed by atoms with Crippen molar-refractivity contribution in [2.24, 2.45) is 0 Å². The van der Waals surface area contributed by atoms with Crippen molar-refractivity contribution in [3.05, 3.63) is 0 Å². The second kappa shape index (κ2) is 7.62. The van der Waals surface area contributed by atoms with E-state index in [4.69, 9.17) is 9.84 Å². The van der Waals surface area contributed by atoms with Crippen LogP contribution in [0.2, 0.25) is 0 Å². The number of carbonyl (C=O) groups is 1. The standard InChI is InChI=1S/C10H21NO4/c1-8(2)15-7-9(12)6-11(3)5-4-10(13)14/h8-9,12H,4-7H2,1-3H3,(H,13,14). The maximum absolute atomic E-state index is 10.3. The minimum atomic E-state index is -0.824. The van der Waals surface area contributed by atoms with E-state index < -0.39 is 12.1 Å². The Labute approximate surface area is 90.6 Å². The minimum absolute atomic E-state index is 0.0915. The fraction of sp³-hybridized carbons (Fsp3) is 0.900. The van der Waals surface area contributed by atoms with E-state index in [1.165, 1.54) is 0 Å². The molecule has 0 spiro atoms. The van der Waals surface area contributed by atoms with E-state index in [9.17, 15) is 9.90 Å². The number of aliphatic hydroxyl groups is 1. The Hall–Kier alpha value is -0.650. The normalized spacial score (nSPS) is 13.5. The summed E-state index contributed by atoms with van der Waals surface area (Å²) in [6, 6.07) is 0. The zero-order valence-electron chi connectivity index (χ0n) is 9.64. The van der Waals surface area contributed by atoms with Gasteiger partial charge in [0.05, 0.1) is 25.2 Å². The first-order chi connectivity index (χ1) is 6.91. The number of hydrogen-bond donors (Lipinski definition) is 2. The topological polar surface area (TPSA) is 70.0 Å². The van der Waals surface area contributed by atoms with Crippen molar-refractivity contribution in [1.29, 1.82) is 0 Å². The molecule has 2 N–H and O–H groups in total. The van der Waals surface area contributed by atoms with Crippen LogP contribution in [0.1, 0.15) is 20.3 Å². The molecule has 0 fully saturated rings. The van der Waals surface area contributed by atoms with Crippen LogP contribution in [-0.2, 0) is 9.53 Å². The fourth-order valence-electron chi connectivity index (χ4n) is 1.09. The third-order valence-electron chi connectivity index (χ3n) is 1.85. The van der Waals surface area contributed by atoms with Gasteiger partial charge in [-0.2, -0.15) is 0 Å². The predicted molar refractivity (Wildman–Crippen MR) is 56.8 cm³/mol. The molecule has 5 nitrogen and oxygen atoms in total. The van der Waals surface area contributed by atoms with E-state index in [0.29, 0.717) is 13.1 Å². The number of carboxylic acids is 1. The van der Waals surface area contributed by atoms with Crippen LogP contribution >= 0.6 is 0 Å². The van der Waals surface area contributed by atoms with Crippen molar-refractivity contribution >= 4 is 5.97 Å². The lowest BCUT2D eigenvalue weighted by atomic mass is 10.3. The van der Waals surface area contributed by atoms with Crippen molar-refractivity contribution in [2.75, 3.05) is 26.7 Å². The largest absolute Gasteiger partial charge is 0.481 e. The molecule has 0 aliphatic carbocycles. The number of ether oxygens (including phenoxy) is 1. The SMILES string of the molecule is CC(C)OCC(O)CN(C)CCC(=O)O. The lowest BCUT2D eigenvalue weighted by molar-refractivity contribution is -0.137. The van der Waals surface area contributed by atoms with E-state index in [-0.39, 0.29) is 19.1 Å². The second-order valence-electron chi connectivity index (χ2n) is 3.94. The number of aliphatic carboxylic acids is 1. The molecule has 0 saturated heterocycles. The molecule has 0 rings (SSSR count). The summed E-state index contributed by atoms with van der Waals surface area (Å²) in [4.78, 5) is 12.1. The molecule has 1 atom stereocenters. The lowest BCUT2D eigenvalue weighted by Crippen LogP contribution is -2.34. The summed E-state index contributed by atoms with van der Waals surface area (Å²) in [5, 5.41) is 18.0. The summed E-state index contributed by atoms with van der Waals surface area (Å²) < 4.78 is 5.24. The van der Waals surface area contributed by atoms with Crippen molar-refractivity contribution in [2.45, 2.75) is 32.5 Å². The molecule has 90 valence electrons. The Kier molecular flexibility index (Phi) is 7.29. The molecule has 0 amide bonds. The van der Waals surface area contributed by atoms with Gasteiger partial charge in [-0.05, 0) is 20.9 Å². The maximum Gasteiger partial charge on any atom is 0.304 e. The summed E-state index contributed by atoms with van der Waals surface area (Å²) in [7, 11) is 1.78. The van der Waals surface area contributed by atoms with E-state index in [1.807, 2.05) is 13.8 Å². The van der Waals surface area contributed by atoms with Crippen molar-refractivity contribution in [3.8, 4) is 0 Å². The molecule has 0 saturated carbocycles. The van der Waals surface area contributed by atoms with Crippen LogP contribution in [0.4, 0.5) is 0 Å². The highest BCUT2D eigenvalue weighted by Crippen LogP contribution is 1.95. The molecule has 0 aromatic carbocycles. The molecule has 0 heterocycles. The number of hydrogen-bond acceptors (Lipinski definition) is 4. The van der Waals surface area contributed by atoms with E-state index in [0.717, 1.165) is 0 Å². The number of likely N-dealkylation sites (N-methyl/N-ethyl adjacent to an activating group) is 1. The number of aliphatic hydroxyl groups excluding tert-OH is 1. The van der Waals surface area contributed by atoms with Gasteiger partial charge in [0.2, 0.25) is 0 Å². The summed E-state index contributed by atoms with van der Waals surface area (Å²) >= 11 is 0. The van der Waals surface area contributed by atoms with Gasteiger partial charge in [0.15, 0.2) is 0 Å². The molecule has 15 heavy (non-hydrogen) atoms. The van der Waals surface area contributed by atoms with Gasteiger partial charge in [0.1, 0.15) is 0 Å². The Bertz CT molecular complexity index is 184. The average Bonchev–Trinajstić information content (AvgIpc) is 2.11. The van der Waals surface area contributed by atoms with Gasteiger partial charge >= 0.3 is 5.97 Å². The molecule has 1 unspecified atom stereocenters. The molecule has 0 aromatic heterocycles. The highest BCUT2D eigenvalue weighted by Gasteiger charge is 2.10. The van der Waals surface area contributed by atoms with Gasteiger partial charge < -0.3 is 19.8 Å². The van der Waals surface area contributed by atoms with Gasteiger partial charge in [-0.1, -0.05) is 0 Å². The van der Waals surface area contributed by atoms with Crippen LogP contribution in [0, 0.1) is 0 Å². The van der Waals surface area contributed by atoms with Crippen LogP contribution < -0.4 is 0 Å². The highest BCUT2D eigenvalue weighted by atomic mass is 16.5. The van der Waals surface area contributed by atoms with Crippen LogP contribution in [0.25, 0.3) is 0 Å². The molecule has 5 heteroatoms. The lowest BCUT2D eigenvalue weighted by Gasteiger charge is -2.20. The Morgan fingerprint density at radius 2 is 2.07 bits per heavy atom. The number of rotatable bonds is 8. The first-order valence-corrected chi connectivity index (χ1v) is 5.11. The van der Waals surface area contributed by atoms with Crippen molar-refractivity contribution in [1.82, 2.24) is 4.90 Å².